The molecule has 1 N–H and O–H groups in total. The first kappa shape index (κ1) is 13.2. The minimum absolute atomic E-state index is 0.482. The summed E-state index contributed by atoms with van der Waals surface area (Å²) in [6.45, 7) is 0.804. The molecule has 0 aliphatic heterocycles. The van der Waals surface area contributed by atoms with E-state index >= 15 is 0 Å². The highest BCUT2D eigenvalue weighted by Crippen LogP contribution is 2.31. The first-order chi connectivity index (χ1) is 9.24. The summed E-state index contributed by atoms with van der Waals surface area (Å²) in [5.74, 6) is 0.790. The van der Waals surface area contributed by atoms with Crippen molar-refractivity contribution < 1.29 is 0 Å². The highest BCUT2D eigenvalue weighted by atomic mass is 35.5. The van der Waals surface area contributed by atoms with Gasteiger partial charge in [-0.1, -0.05) is 23.4 Å². The number of hydrogen-bond acceptors (Lipinski definition) is 5. The summed E-state index contributed by atoms with van der Waals surface area (Å²) in [5, 5.41) is 4.51. The van der Waals surface area contributed by atoms with Crippen molar-refractivity contribution in [1.82, 2.24) is 9.97 Å². The van der Waals surface area contributed by atoms with Crippen LogP contribution in [0.15, 0.2) is 17.3 Å². The highest BCUT2D eigenvalue weighted by molar-refractivity contribution is 7.98. The maximum atomic E-state index is 5.97. The minimum Gasteiger partial charge on any atom is -0.365 e. The number of aromatic nitrogens is 2. The van der Waals surface area contributed by atoms with Gasteiger partial charge in [0.1, 0.15) is 11.0 Å². The number of fused-ring (bicyclic) bond motifs is 1. The molecule has 1 aliphatic rings. The van der Waals surface area contributed by atoms with Crippen molar-refractivity contribution in [2.24, 2.45) is 0 Å². The lowest BCUT2D eigenvalue weighted by Crippen LogP contribution is -2.01. The Morgan fingerprint density at radius 1 is 1.37 bits per heavy atom. The molecule has 0 unspecified atom stereocenters. The highest BCUT2D eigenvalue weighted by Gasteiger charge is 2.14. The Kier molecular flexibility index (Phi) is 3.96. The maximum absolute atomic E-state index is 5.97. The van der Waals surface area contributed by atoms with Gasteiger partial charge in [-0.25, -0.2) is 9.97 Å². The molecule has 19 heavy (non-hydrogen) atoms. The summed E-state index contributed by atoms with van der Waals surface area (Å²) in [5.41, 5.74) is 1.53. The second-order valence-corrected chi connectivity index (χ2v) is 6.81. The average Bonchev–Trinajstić information content (AvgIpc) is 2.96. The number of rotatable bonds is 4. The van der Waals surface area contributed by atoms with Crippen molar-refractivity contribution in [3.63, 3.8) is 0 Å². The molecule has 3 nitrogen and oxygen atoms in total. The lowest BCUT2D eigenvalue weighted by Gasteiger charge is -2.05. The van der Waals surface area contributed by atoms with Gasteiger partial charge < -0.3 is 5.32 Å². The Morgan fingerprint density at radius 2 is 2.26 bits per heavy atom. The molecule has 0 saturated carbocycles. The van der Waals surface area contributed by atoms with Crippen LogP contribution in [0.1, 0.15) is 21.7 Å². The molecule has 6 heteroatoms. The quantitative estimate of drug-likeness (QED) is 0.526. The molecule has 0 spiro atoms. The molecule has 2 aromatic heterocycles. The number of hydrogen-bond donors (Lipinski definition) is 1. The van der Waals surface area contributed by atoms with Crippen LogP contribution in [0.3, 0.4) is 0 Å². The molecule has 0 radical (unpaired) electrons. The van der Waals surface area contributed by atoms with Crippen molar-refractivity contribution in [3.8, 4) is 0 Å². The fourth-order valence-corrected chi connectivity index (χ4v) is 4.05. The zero-order valence-corrected chi connectivity index (χ0v) is 13.0. The fourth-order valence-electron chi connectivity index (χ4n) is 2.23. The number of thiophene rings is 1. The van der Waals surface area contributed by atoms with Gasteiger partial charge in [-0.15, -0.1) is 11.3 Å². The number of halogens is 1. The van der Waals surface area contributed by atoms with Crippen LogP contribution >= 0.6 is 34.7 Å². The van der Waals surface area contributed by atoms with Crippen LogP contribution < -0.4 is 5.32 Å². The molecule has 100 valence electrons. The molecule has 0 amide bonds. The second-order valence-electron chi connectivity index (χ2n) is 4.43. The minimum atomic E-state index is 0.482. The fraction of sp³-hybridized carbons (Fsp3) is 0.385. The third kappa shape index (κ3) is 3.04. The van der Waals surface area contributed by atoms with Crippen LogP contribution in [0.2, 0.25) is 5.15 Å². The number of nitrogens with one attached hydrogen (secondary N) is 1. The number of aryl methyl sites for hydroxylation is 2. The molecular weight excluding hydrogens is 298 g/mol. The van der Waals surface area contributed by atoms with E-state index in [1.165, 1.54) is 41.5 Å². The van der Waals surface area contributed by atoms with Crippen molar-refractivity contribution in [2.75, 3.05) is 11.6 Å². The third-order valence-electron chi connectivity index (χ3n) is 3.10. The van der Waals surface area contributed by atoms with Crippen LogP contribution in [-0.4, -0.2) is 16.2 Å². The van der Waals surface area contributed by atoms with Gasteiger partial charge in [-0.05, 0) is 37.1 Å². The van der Waals surface area contributed by atoms with Gasteiger partial charge >= 0.3 is 0 Å². The van der Waals surface area contributed by atoms with Gasteiger partial charge in [0.05, 0.1) is 6.54 Å². The van der Waals surface area contributed by atoms with Gasteiger partial charge in [0.15, 0.2) is 5.16 Å². The van der Waals surface area contributed by atoms with Crippen molar-refractivity contribution in [1.29, 1.82) is 0 Å². The SMILES string of the molecule is CSc1nc(Cl)cc(NCc2cc3c(s2)CCC3)n1. The Labute approximate surface area is 125 Å². The van der Waals surface area contributed by atoms with Gasteiger partial charge in [0, 0.05) is 15.8 Å². The second kappa shape index (κ2) is 5.69. The molecule has 0 atom stereocenters. The zero-order chi connectivity index (χ0) is 13.2. The van der Waals surface area contributed by atoms with Gasteiger partial charge in [0.2, 0.25) is 0 Å². The lowest BCUT2D eigenvalue weighted by atomic mass is 10.2. The van der Waals surface area contributed by atoms with Crippen LogP contribution in [0.25, 0.3) is 0 Å². The third-order valence-corrected chi connectivity index (χ3v) is 5.08. The molecule has 0 saturated heterocycles. The number of nitrogens with zero attached hydrogens (tertiary/aromatic N) is 2. The lowest BCUT2D eigenvalue weighted by molar-refractivity contribution is 0.913. The van der Waals surface area contributed by atoms with Gasteiger partial charge in [-0.2, -0.15) is 0 Å². The summed E-state index contributed by atoms with van der Waals surface area (Å²) < 4.78 is 0. The molecule has 1 aliphatic carbocycles. The summed E-state index contributed by atoms with van der Waals surface area (Å²) in [7, 11) is 0. The molecule has 0 aromatic carbocycles. The van der Waals surface area contributed by atoms with E-state index in [0.29, 0.717) is 10.3 Å². The summed E-state index contributed by atoms with van der Waals surface area (Å²) >= 11 is 9.37. The molecule has 2 heterocycles. The Morgan fingerprint density at radius 3 is 3.05 bits per heavy atom. The predicted octanol–water partition coefficient (Wildman–Crippen LogP) is 4.01. The standard InChI is InChI=1S/C13H14ClN3S2/c1-18-13-16-11(14)6-12(17-13)15-7-9-5-8-3-2-4-10(8)19-9/h5-6H,2-4,7H2,1H3,(H,15,16,17). The Hall–Kier alpha value is -0.780. The van der Waals surface area contributed by atoms with E-state index in [-0.39, 0.29) is 0 Å². The predicted molar refractivity (Wildman–Crippen MR) is 82.5 cm³/mol. The summed E-state index contributed by atoms with van der Waals surface area (Å²) in [4.78, 5) is 11.4. The Bertz CT molecular complexity index is 576. The summed E-state index contributed by atoms with van der Waals surface area (Å²) in [6, 6.07) is 4.08. The van der Waals surface area contributed by atoms with Crippen LogP contribution in [0.5, 0.6) is 0 Å². The van der Waals surface area contributed by atoms with Crippen molar-refractivity contribution >= 4 is 40.5 Å². The van der Waals surface area contributed by atoms with E-state index in [1.54, 1.807) is 10.9 Å². The molecule has 0 bridgehead atoms. The van der Waals surface area contributed by atoms with E-state index in [1.807, 2.05) is 17.6 Å². The number of thioether (sulfide) groups is 1. The number of anilines is 1. The smallest absolute Gasteiger partial charge is 0.190 e. The first-order valence-corrected chi connectivity index (χ1v) is 8.59. The zero-order valence-electron chi connectivity index (χ0n) is 10.6. The average molecular weight is 312 g/mol. The largest absolute Gasteiger partial charge is 0.365 e. The van der Waals surface area contributed by atoms with E-state index in [4.69, 9.17) is 11.6 Å². The van der Waals surface area contributed by atoms with E-state index in [9.17, 15) is 0 Å². The molecule has 0 fully saturated rings. The van der Waals surface area contributed by atoms with E-state index < -0.39 is 0 Å². The topological polar surface area (TPSA) is 37.8 Å². The molecular formula is C13H14ClN3S2. The molecule has 3 rings (SSSR count). The monoisotopic (exact) mass is 311 g/mol. The van der Waals surface area contributed by atoms with Crippen LogP contribution in [0, 0.1) is 0 Å². The normalized spacial score (nSPS) is 13.6. The van der Waals surface area contributed by atoms with E-state index in [2.05, 4.69) is 21.4 Å². The summed E-state index contributed by atoms with van der Waals surface area (Å²) in [6.07, 6.45) is 5.74. The maximum Gasteiger partial charge on any atom is 0.190 e. The molecule has 2 aromatic rings. The van der Waals surface area contributed by atoms with Gasteiger partial charge in [-0.3, -0.25) is 0 Å². The van der Waals surface area contributed by atoms with E-state index in [0.717, 1.165) is 12.4 Å². The first-order valence-electron chi connectivity index (χ1n) is 6.17. The van der Waals surface area contributed by atoms with Crippen molar-refractivity contribution in [2.45, 2.75) is 31.0 Å². The van der Waals surface area contributed by atoms with Crippen LogP contribution in [0.4, 0.5) is 5.82 Å². The Balaban J connectivity index is 1.69. The van der Waals surface area contributed by atoms with Gasteiger partial charge in [0.25, 0.3) is 0 Å². The van der Waals surface area contributed by atoms with Crippen molar-refractivity contribution in [3.05, 3.63) is 32.6 Å². The van der Waals surface area contributed by atoms with Crippen LogP contribution in [-0.2, 0) is 19.4 Å².